The molecule has 1 saturated carbocycles. The second-order valence-electron chi connectivity index (χ2n) is 11.5. The Kier molecular flexibility index (Phi) is 6.92. The van der Waals surface area contributed by atoms with Gasteiger partial charge in [0, 0.05) is 24.6 Å². The maximum Gasteiger partial charge on any atom is 0.303 e. The summed E-state index contributed by atoms with van der Waals surface area (Å²) in [4.78, 5) is 40.0. The van der Waals surface area contributed by atoms with E-state index in [1.54, 1.807) is 11.0 Å². The lowest BCUT2D eigenvalue weighted by atomic mass is 9.72. The molecule has 5 rings (SSSR count). The number of rotatable bonds is 7. The number of carboxylic acid groups (broad SMARTS) is 1. The van der Waals surface area contributed by atoms with Crippen molar-refractivity contribution in [2.45, 2.75) is 70.8 Å². The molecule has 2 amide bonds. The van der Waals surface area contributed by atoms with Crippen molar-refractivity contribution in [1.29, 1.82) is 0 Å². The van der Waals surface area contributed by atoms with Crippen molar-refractivity contribution in [3.63, 3.8) is 0 Å². The van der Waals surface area contributed by atoms with Crippen LogP contribution in [0.2, 0.25) is 0 Å². The molecule has 7 nitrogen and oxygen atoms in total. The summed E-state index contributed by atoms with van der Waals surface area (Å²) in [6, 6.07) is 7.92. The van der Waals surface area contributed by atoms with Gasteiger partial charge >= 0.3 is 5.97 Å². The van der Waals surface area contributed by atoms with Gasteiger partial charge in [0.25, 0.3) is 5.91 Å². The third kappa shape index (κ3) is 4.88. The average molecular weight is 523 g/mol. The lowest BCUT2D eigenvalue weighted by Gasteiger charge is -2.42. The molecule has 0 bridgehead atoms. The standard InChI is InChI=1S/C30H35FN2O5/c1-4-38-22-5-6-23-18(15-22)8-10-33(29(37)20-11-17(12-20)13-25(34)35)27(23)28(36)32-21-14-19-7-9-30(2,3)26(19)24(31)16-21/h5-6,14-17,20,27H,4,7-13H2,1-3H3,(H,32,36)(H,34,35). The van der Waals surface area contributed by atoms with E-state index < -0.39 is 12.0 Å². The first-order valence-electron chi connectivity index (χ1n) is 13.5. The zero-order valence-electron chi connectivity index (χ0n) is 22.2. The van der Waals surface area contributed by atoms with Crippen LogP contribution in [-0.4, -0.2) is 40.9 Å². The number of halogens is 1. The van der Waals surface area contributed by atoms with E-state index in [1.165, 1.54) is 6.07 Å². The minimum atomic E-state index is -0.867. The van der Waals surface area contributed by atoms with Crippen LogP contribution < -0.4 is 10.1 Å². The first kappa shape index (κ1) is 26.2. The number of carbonyl (C=O) groups excluding carboxylic acids is 2. The Labute approximate surface area is 222 Å². The summed E-state index contributed by atoms with van der Waals surface area (Å²) in [6.07, 6.45) is 3.26. The zero-order chi connectivity index (χ0) is 27.2. The Morgan fingerprint density at radius 2 is 1.89 bits per heavy atom. The molecule has 3 aliphatic rings. The highest BCUT2D eigenvalue weighted by atomic mass is 19.1. The van der Waals surface area contributed by atoms with Gasteiger partial charge in [-0.1, -0.05) is 19.9 Å². The first-order chi connectivity index (χ1) is 18.1. The molecule has 0 radical (unpaired) electrons. The van der Waals surface area contributed by atoms with Crippen LogP contribution in [0.25, 0.3) is 0 Å². The van der Waals surface area contributed by atoms with Crippen LogP contribution >= 0.6 is 0 Å². The van der Waals surface area contributed by atoms with Crippen molar-refractivity contribution in [1.82, 2.24) is 4.90 Å². The molecule has 2 aliphatic carbocycles. The number of hydrogen-bond acceptors (Lipinski definition) is 4. The SMILES string of the molecule is CCOc1ccc2c(c1)CCN(C(=O)C1CC(CC(=O)O)C1)C2C(=O)Nc1cc(F)c2c(c1)CCC2(C)C. The van der Waals surface area contributed by atoms with E-state index in [2.05, 4.69) is 5.32 Å². The van der Waals surface area contributed by atoms with E-state index in [0.29, 0.717) is 49.4 Å². The molecule has 202 valence electrons. The number of ether oxygens (including phenoxy) is 1. The Morgan fingerprint density at radius 3 is 2.61 bits per heavy atom. The highest BCUT2D eigenvalue weighted by molar-refractivity contribution is 5.99. The van der Waals surface area contributed by atoms with Crippen LogP contribution in [0, 0.1) is 17.7 Å². The van der Waals surface area contributed by atoms with Crippen LogP contribution in [-0.2, 0) is 32.6 Å². The minimum Gasteiger partial charge on any atom is -0.494 e. The topological polar surface area (TPSA) is 95.9 Å². The van der Waals surface area contributed by atoms with E-state index in [1.807, 2.05) is 39.0 Å². The van der Waals surface area contributed by atoms with E-state index in [-0.39, 0.29) is 41.3 Å². The summed E-state index contributed by atoms with van der Waals surface area (Å²) in [6.45, 7) is 6.85. The fourth-order valence-electron chi connectivity index (χ4n) is 6.44. The number of fused-ring (bicyclic) bond motifs is 2. The van der Waals surface area contributed by atoms with Gasteiger partial charge in [-0.15, -0.1) is 0 Å². The van der Waals surface area contributed by atoms with Crippen LogP contribution in [0.15, 0.2) is 30.3 Å². The van der Waals surface area contributed by atoms with Crippen LogP contribution in [0.4, 0.5) is 10.1 Å². The maximum atomic E-state index is 15.1. The maximum absolute atomic E-state index is 15.1. The molecule has 1 atom stereocenters. The normalized spacial score (nSPS) is 23.2. The molecular formula is C30H35FN2O5. The number of benzene rings is 2. The summed E-state index contributed by atoms with van der Waals surface area (Å²) < 4.78 is 20.8. The van der Waals surface area contributed by atoms with Gasteiger partial charge in [-0.25, -0.2) is 4.39 Å². The van der Waals surface area contributed by atoms with Gasteiger partial charge in [0.15, 0.2) is 0 Å². The third-order valence-corrected chi connectivity index (χ3v) is 8.37. The number of aliphatic carboxylic acids is 1. The number of carbonyl (C=O) groups is 3. The number of anilines is 1. The lowest BCUT2D eigenvalue weighted by molar-refractivity contribution is -0.149. The highest BCUT2D eigenvalue weighted by Crippen LogP contribution is 2.43. The summed E-state index contributed by atoms with van der Waals surface area (Å²) in [7, 11) is 0. The fourth-order valence-corrected chi connectivity index (χ4v) is 6.44. The Hall–Kier alpha value is -3.42. The van der Waals surface area contributed by atoms with E-state index in [9.17, 15) is 14.4 Å². The van der Waals surface area contributed by atoms with Crippen molar-refractivity contribution < 1.29 is 28.6 Å². The molecule has 2 aromatic carbocycles. The predicted molar refractivity (Wildman–Crippen MR) is 141 cm³/mol. The van der Waals surface area contributed by atoms with Gasteiger partial charge in [-0.3, -0.25) is 14.4 Å². The number of amides is 2. The lowest BCUT2D eigenvalue weighted by Crippen LogP contribution is -2.50. The molecule has 0 saturated heterocycles. The molecule has 2 N–H and O–H groups in total. The number of hydrogen-bond donors (Lipinski definition) is 2. The molecule has 8 heteroatoms. The fraction of sp³-hybridized carbons (Fsp3) is 0.500. The molecule has 0 aromatic heterocycles. The zero-order valence-corrected chi connectivity index (χ0v) is 22.2. The molecule has 38 heavy (non-hydrogen) atoms. The van der Waals surface area contributed by atoms with Crippen molar-refractivity contribution in [2.24, 2.45) is 11.8 Å². The monoisotopic (exact) mass is 522 g/mol. The molecule has 1 fully saturated rings. The van der Waals surface area contributed by atoms with Crippen LogP contribution in [0.5, 0.6) is 5.75 Å². The second kappa shape index (κ2) is 10.0. The molecule has 0 spiro atoms. The van der Waals surface area contributed by atoms with Crippen LogP contribution in [0.3, 0.4) is 0 Å². The van der Waals surface area contributed by atoms with E-state index in [4.69, 9.17) is 9.84 Å². The Bertz CT molecular complexity index is 1280. The van der Waals surface area contributed by atoms with Crippen molar-refractivity contribution in [3.05, 3.63) is 58.4 Å². The highest BCUT2D eigenvalue weighted by Gasteiger charge is 2.43. The van der Waals surface area contributed by atoms with Gasteiger partial charge in [0.2, 0.25) is 5.91 Å². The smallest absolute Gasteiger partial charge is 0.303 e. The van der Waals surface area contributed by atoms with E-state index >= 15 is 4.39 Å². The second-order valence-corrected chi connectivity index (χ2v) is 11.5. The Morgan fingerprint density at radius 1 is 1.13 bits per heavy atom. The van der Waals surface area contributed by atoms with E-state index in [0.717, 1.165) is 29.5 Å². The van der Waals surface area contributed by atoms with Crippen molar-refractivity contribution in [2.75, 3.05) is 18.5 Å². The van der Waals surface area contributed by atoms with Crippen molar-refractivity contribution in [3.8, 4) is 5.75 Å². The average Bonchev–Trinajstić information content (AvgIpc) is 3.14. The minimum absolute atomic E-state index is 0.0156. The number of nitrogens with one attached hydrogen (secondary N) is 1. The number of carboxylic acids is 1. The summed E-state index contributed by atoms with van der Waals surface area (Å²) in [5, 5.41) is 12.0. The van der Waals surface area contributed by atoms with Gasteiger partial charge in [0.1, 0.15) is 17.6 Å². The number of aryl methyl sites for hydroxylation is 1. The van der Waals surface area contributed by atoms with Gasteiger partial charge in [-0.05, 0) is 96.9 Å². The molecule has 2 aromatic rings. The molecule has 1 aliphatic heterocycles. The first-order valence-corrected chi connectivity index (χ1v) is 13.5. The summed E-state index contributed by atoms with van der Waals surface area (Å²) in [5.74, 6) is -1.30. The largest absolute Gasteiger partial charge is 0.494 e. The van der Waals surface area contributed by atoms with Gasteiger partial charge in [-0.2, -0.15) is 0 Å². The Balaban J connectivity index is 1.42. The van der Waals surface area contributed by atoms with Gasteiger partial charge in [0.05, 0.1) is 6.61 Å². The van der Waals surface area contributed by atoms with Gasteiger partial charge < -0.3 is 20.1 Å². The summed E-state index contributed by atoms with van der Waals surface area (Å²) >= 11 is 0. The number of nitrogens with zero attached hydrogens (tertiary/aromatic N) is 1. The van der Waals surface area contributed by atoms with Crippen LogP contribution in [0.1, 0.15) is 74.8 Å². The molecule has 1 unspecified atom stereocenters. The summed E-state index contributed by atoms with van der Waals surface area (Å²) in [5.41, 5.74) is 3.43. The van der Waals surface area contributed by atoms with Crippen molar-refractivity contribution >= 4 is 23.5 Å². The predicted octanol–water partition coefficient (Wildman–Crippen LogP) is 5.01. The molecular weight excluding hydrogens is 487 g/mol. The molecule has 1 heterocycles. The third-order valence-electron chi connectivity index (χ3n) is 8.37. The quantitative estimate of drug-likeness (QED) is 0.533.